The molecule has 4 nitrogen and oxygen atoms in total. The SMILES string of the molecule is CCCC(Oc1ccc(O)c2ccccc12)C(=O)O. The second-order valence-corrected chi connectivity index (χ2v) is 4.36. The van der Waals surface area contributed by atoms with Crippen molar-refractivity contribution >= 4 is 16.7 Å². The average molecular weight is 260 g/mol. The first kappa shape index (κ1) is 13.2. The van der Waals surface area contributed by atoms with Crippen LogP contribution in [0.15, 0.2) is 36.4 Å². The first-order chi connectivity index (χ1) is 9.13. The van der Waals surface area contributed by atoms with E-state index >= 15 is 0 Å². The van der Waals surface area contributed by atoms with Crippen LogP contribution in [0.3, 0.4) is 0 Å². The number of hydrogen-bond acceptors (Lipinski definition) is 3. The van der Waals surface area contributed by atoms with Crippen LogP contribution in [-0.4, -0.2) is 22.3 Å². The number of phenols is 1. The van der Waals surface area contributed by atoms with E-state index < -0.39 is 12.1 Å². The zero-order valence-corrected chi connectivity index (χ0v) is 10.7. The maximum absolute atomic E-state index is 11.1. The van der Waals surface area contributed by atoms with Crippen LogP contribution in [-0.2, 0) is 4.79 Å². The highest BCUT2D eigenvalue weighted by Crippen LogP contribution is 2.33. The fourth-order valence-electron chi connectivity index (χ4n) is 2.01. The highest BCUT2D eigenvalue weighted by Gasteiger charge is 2.19. The minimum absolute atomic E-state index is 0.158. The van der Waals surface area contributed by atoms with Crippen molar-refractivity contribution in [3.05, 3.63) is 36.4 Å². The molecular weight excluding hydrogens is 244 g/mol. The summed E-state index contributed by atoms with van der Waals surface area (Å²) in [5.74, 6) is -0.335. The van der Waals surface area contributed by atoms with Crippen LogP contribution in [0, 0.1) is 0 Å². The third-order valence-corrected chi connectivity index (χ3v) is 2.96. The zero-order valence-electron chi connectivity index (χ0n) is 10.7. The van der Waals surface area contributed by atoms with Gasteiger partial charge in [0.25, 0.3) is 0 Å². The van der Waals surface area contributed by atoms with Crippen LogP contribution < -0.4 is 4.74 Å². The molecular formula is C15H16O4. The van der Waals surface area contributed by atoms with Crippen molar-refractivity contribution in [1.82, 2.24) is 0 Å². The lowest BCUT2D eigenvalue weighted by Gasteiger charge is -2.16. The maximum atomic E-state index is 11.1. The molecule has 1 atom stereocenters. The van der Waals surface area contributed by atoms with Crippen LogP contribution in [0.5, 0.6) is 11.5 Å². The van der Waals surface area contributed by atoms with Gasteiger partial charge in [-0.3, -0.25) is 0 Å². The summed E-state index contributed by atoms with van der Waals surface area (Å²) in [5, 5.41) is 20.3. The summed E-state index contributed by atoms with van der Waals surface area (Å²) in [6.45, 7) is 1.91. The second kappa shape index (κ2) is 5.61. The molecule has 0 spiro atoms. The number of fused-ring (bicyclic) bond motifs is 1. The molecule has 0 fully saturated rings. The van der Waals surface area contributed by atoms with Gasteiger partial charge in [-0.15, -0.1) is 0 Å². The van der Waals surface area contributed by atoms with Crippen molar-refractivity contribution < 1.29 is 19.7 Å². The Morgan fingerprint density at radius 1 is 1.21 bits per heavy atom. The van der Waals surface area contributed by atoms with Gasteiger partial charge < -0.3 is 14.9 Å². The topological polar surface area (TPSA) is 66.8 Å². The molecule has 2 N–H and O–H groups in total. The molecule has 0 aliphatic rings. The van der Waals surface area contributed by atoms with Gasteiger partial charge in [0.1, 0.15) is 11.5 Å². The van der Waals surface area contributed by atoms with E-state index in [9.17, 15) is 9.90 Å². The number of phenolic OH excluding ortho intramolecular Hbond substituents is 1. The number of carboxylic acid groups (broad SMARTS) is 1. The fraction of sp³-hybridized carbons (Fsp3) is 0.267. The smallest absolute Gasteiger partial charge is 0.344 e. The first-order valence-corrected chi connectivity index (χ1v) is 6.23. The molecule has 0 aliphatic carbocycles. The van der Waals surface area contributed by atoms with Crippen molar-refractivity contribution in [3.63, 3.8) is 0 Å². The molecule has 0 heterocycles. The Bertz CT molecular complexity index is 592. The van der Waals surface area contributed by atoms with E-state index in [-0.39, 0.29) is 5.75 Å². The number of benzene rings is 2. The Balaban J connectivity index is 2.40. The van der Waals surface area contributed by atoms with Gasteiger partial charge in [-0.2, -0.15) is 0 Å². The van der Waals surface area contributed by atoms with Gasteiger partial charge in [0, 0.05) is 10.8 Å². The van der Waals surface area contributed by atoms with E-state index in [1.807, 2.05) is 19.1 Å². The molecule has 19 heavy (non-hydrogen) atoms. The van der Waals surface area contributed by atoms with E-state index in [1.54, 1.807) is 18.2 Å². The van der Waals surface area contributed by atoms with Gasteiger partial charge in [-0.25, -0.2) is 4.79 Å². The predicted octanol–water partition coefficient (Wildman–Crippen LogP) is 3.18. The molecule has 0 bridgehead atoms. The fourth-order valence-corrected chi connectivity index (χ4v) is 2.01. The van der Waals surface area contributed by atoms with Gasteiger partial charge in [0.05, 0.1) is 0 Å². The number of aromatic hydroxyl groups is 1. The predicted molar refractivity (Wildman–Crippen MR) is 72.6 cm³/mol. The molecule has 1 unspecified atom stereocenters. The van der Waals surface area contributed by atoms with E-state index in [4.69, 9.17) is 9.84 Å². The average Bonchev–Trinajstić information content (AvgIpc) is 2.41. The van der Waals surface area contributed by atoms with Crippen molar-refractivity contribution in [2.45, 2.75) is 25.9 Å². The summed E-state index contributed by atoms with van der Waals surface area (Å²) in [6.07, 6.45) is 0.315. The molecule has 0 aromatic heterocycles. The van der Waals surface area contributed by atoms with Crippen LogP contribution in [0.4, 0.5) is 0 Å². The zero-order chi connectivity index (χ0) is 13.8. The molecule has 0 saturated carbocycles. The highest BCUT2D eigenvalue weighted by molar-refractivity contribution is 5.93. The van der Waals surface area contributed by atoms with Crippen LogP contribution in [0.1, 0.15) is 19.8 Å². The van der Waals surface area contributed by atoms with Gasteiger partial charge in [-0.05, 0) is 18.6 Å². The summed E-state index contributed by atoms with van der Waals surface area (Å²) in [4.78, 5) is 11.1. The van der Waals surface area contributed by atoms with Gasteiger partial charge >= 0.3 is 5.97 Å². The van der Waals surface area contributed by atoms with Crippen molar-refractivity contribution in [2.75, 3.05) is 0 Å². The summed E-state index contributed by atoms with van der Waals surface area (Å²) >= 11 is 0. The lowest BCUT2D eigenvalue weighted by molar-refractivity contribution is -0.145. The number of hydrogen-bond donors (Lipinski definition) is 2. The summed E-state index contributed by atoms with van der Waals surface area (Å²) in [7, 11) is 0. The molecule has 0 radical (unpaired) electrons. The molecule has 0 aliphatic heterocycles. The summed E-state index contributed by atoms with van der Waals surface area (Å²) in [5.41, 5.74) is 0. The molecule has 2 rings (SSSR count). The van der Waals surface area contributed by atoms with E-state index in [1.165, 1.54) is 6.07 Å². The third-order valence-electron chi connectivity index (χ3n) is 2.96. The third kappa shape index (κ3) is 2.78. The maximum Gasteiger partial charge on any atom is 0.344 e. The van der Waals surface area contributed by atoms with Crippen molar-refractivity contribution in [2.24, 2.45) is 0 Å². The van der Waals surface area contributed by atoms with Crippen LogP contribution >= 0.6 is 0 Å². The Kier molecular flexibility index (Phi) is 3.90. The number of aliphatic carboxylic acids is 1. The monoisotopic (exact) mass is 260 g/mol. The highest BCUT2D eigenvalue weighted by atomic mass is 16.5. The normalized spacial score (nSPS) is 12.3. The number of rotatable bonds is 5. The molecule has 4 heteroatoms. The Morgan fingerprint density at radius 3 is 2.53 bits per heavy atom. The van der Waals surface area contributed by atoms with Crippen LogP contribution in [0.25, 0.3) is 10.8 Å². The van der Waals surface area contributed by atoms with Crippen molar-refractivity contribution in [3.8, 4) is 11.5 Å². The summed E-state index contributed by atoms with van der Waals surface area (Å²) in [6, 6.07) is 10.3. The minimum atomic E-state index is -0.973. The van der Waals surface area contributed by atoms with Gasteiger partial charge in [0.15, 0.2) is 6.10 Å². The molecule has 2 aromatic rings. The lowest BCUT2D eigenvalue weighted by atomic mass is 10.1. The number of carboxylic acids is 1. The number of ether oxygens (including phenoxy) is 1. The molecule has 0 saturated heterocycles. The van der Waals surface area contributed by atoms with E-state index in [0.717, 1.165) is 6.42 Å². The minimum Gasteiger partial charge on any atom is -0.507 e. The Morgan fingerprint density at radius 2 is 1.89 bits per heavy atom. The second-order valence-electron chi connectivity index (χ2n) is 4.36. The van der Waals surface area contributed by atoms with Crippen molar-refractivity contribution in [1.29, 1.82) is 0 Å². The summed E-state index contributed by atoms with van der Waals surface area (Å²) < 4.78 is 5.57. The number of carbonyl (C=O) groups is 1. The Hall–Kier alpha value is -2.23. The lowest BCUT2D eigenvalue weighted by Crippen LogP contribution is -2.26. The Labute approximate surface area is 111 Å². The van der Waals surface area contributed by atoms with Gasteiger partial charge in [0.2, 0.25) is 0 Å². The van der Waals surface area contributed by atoms with E-state index in [2.05, 4.69) is 0 Å². The molecule has 2 aromatic carbocycles. The first-order valence-electron chi connectivity index (χ1n) is 6.23. The van der Waals surface area contributed by atoms with E-state index in [0.29, 0.717) is 22.9 Å². The largest absolute Gasteiger partial charge is 0.507 e. The standard InChI is InChI=1S/C15H16O4/c1-2-5-14(15(17)18)19-13-9-8-12(16)10-6-3-4-7-11(10)13/h3-4,6-9,14,16H,2,5H2,1H3,(H,17,18). The molecule has 100 valence electrons. The van der Waals surface area contributed by atoms with Gasteiger partial charge in [-0.1, -0.05) is 37.6 Å². The molecule has 0 amide bonds. The quantitative estimate of drug-likeness (QED) is 0.866. The van der Waals surface area contributed by atoms with Crippen LogP contribution in [0.2, 0.25) is 0 Å².